The number of ether oxygens (including phenoxy) is 1. The molecule has 3 heterocycles. The molecule has 118 valence electrons. The van der Waals surface area contributed by atoms with E-state index in [1.807, 2.05) is 22.2 Å². The van der Waals surface area contributed by atoms with Crippen molar-refractivity contribution in [3.8, 4) is 0 Å². The van der Waals surface area contributed by atoms with Crippen LogP contribution in [-0.4, -0.2) is 35.2 Å². The van der Waals surface area contributed by atoms with Gasteiger partial charge >= 0.3 is 0 Å². The maximum atomic E-state index is 12.8. The highest BCUT2D eigenvalue weighted by Gasteiger charge is 2.42. The van der Waals surface area contributed by atoms with Gasteiger partial charge in [0.2, 0.25) is 5.91 Å². The Hall–Kier alpha value is -1.66. The van der Waals surface area contributed by atoms with Crippen LogP contribution >= 0.6 is 11.3 Å². The molecule has 1 N–H and O–H groups in total. The average Bonchev–Trinajstić information content (AvgIpc) is 3.25. The zero-order chi connectivity index (χ0) is 15.3. The molecule has 0 spiro atoms. The van der Waals surface area contributed by atoms with Crippen LogP contribution in [0.3, 0.4) is 0 Å². The highest BCUT2D eigenvalue weighted by molar-refractivity contribution is 7.10. The van der Waals surface area contributed by atoms with Gasteiger partial charge in [-0.2, -0.15) is 0 Å². The van der Waals surface area contributed by atoms with E-state index in [4.69, 9.17) is 4.74 Å². The summed E-state index contributed by atoms with van der Waals surface area (Å²) in [4.78, 5) is 18.0. The number of hydrogen-bond acceptors (Lipinski definition) is 4. The second-order valence-corrected chi connectivity index (χ2v) is 6.53. The average molecular weight is 319 g/mol. The summed E-state index contributed by atoms with van der Waals surface area (Å²) in [5.41, 5.74) is -0.401. The van der Waals surface area contributed by atoms with E-state index in [2.05, 4.69) is 16.4 Å². The SMILES string of the molecule is O=C(NCCCn1ccnc1)C1(c2cccs2)CCOCC1. The highest BCUT2D eigenvalue weighted by Crippen LogP contribution is 2.37. The summed E-state index contributed by atoms with van der Waals surface area (Å²) in [6.45, 7) is 2.86. The second kappa shape index (κ2) is 7.07. The molecule has 2 aromatic heterocycles. The summed E-state index contributed by atoms with van der Waals surface area (Å²) in [5, 5.41) is 5.16. The number of carbonyl (C=O) groups is 1. The second-order valence-electron chi connectivity index (χ2n) is 5.58. The molecule has 0 aromatic carbocycles. The summed E-state index contributed by atoms with van der Waals surface area (Å²) in [6.07, 6.45) is 7.94. The smallest absolute Gasteiger partial charge is 0.231 e. The van der Waals surface area contributed by atoms with Crippen molar-refractivity contribution in [1.82, 2.24) is 14.9 Å². The standard InChI is InChI=1S/C16H21N3O2S/c20-15(18-6-2-8-19-9-7-17-13-19)16(4-10-21-11-5-16)14-3-1-12-22-14/h1,3,7,9,12-13H,2,4-6,8,10-11H2,(H,18,20). The minimum atomic E-state index is -0.401. The van der Waals surface area contributed by atoms with Crippen LogP contribution in [0, 0.1) is 0 Å². The van der Waals surface area contributed by atoms with Crippen LogP contribution in [-0.2, 0) is 21.5 Å². The number of imidazole rings is 1. The van der Waals surface area contributed by atoms with Crippen LogP contribution < -0.4 is 5.32 Å². The topological polar surface area (TPSA) is 56.2 Å². The van der Waals surface area contributed by atoms with Crippen molar-refractivity contribution in [3.05, 3.63) is 41.1 Å². The maximum absolute atomic E-state index is 12.8. The lowest BCUT2D eigenvalue weighted by molar-refractivity contribution is -0.130. The van der Waals surface area contributed by atoms with E-state index in [9.17, 15) is 4.79 Å². The van der Waals surface area contributed by atoms with Gasteiger partial charge in [0.15, 0.2) is 0 Å². The van der Waals surface area contributed by atoms with E-state index >= 15 is 0 Å². The molecule has 1 aliphatic heterocycles. The molecule has 3 rings (SSSR count). The first-order valence-corrected chi connectivity index (χ1v) is 8.55. The minimum Gasteiger partial charge on any atom is -0.381 e. The number of aryl methyl sites for hydroxylation is 1. The number of nitrogens with zero attached hydrogens (tertiary/aromatic N) is 2. The molecule has 1 saturated heterocycles. The van der Waals surface area contributed by atoms with Gasteiger partial charge in [0.25, 0.3) is 0 Å². The van der Waals surface area contributed by atoms with Gasteiger partial charge in [0.1, 0.15) is 0 Å². The number of amides is 1. The fourth-order valence-corrected chi connectivity index (χ4v) is 3.89. The molecule has 1 aliphatic rings. The first kappa shape index (κ1) is 15.2. The Balaban J connectivity index is 1.58. The van der Waals surface area contributed by atoms with E-state index in [0.29, 0.717) is 19.8 Å². The van der Waals surface area contributed by atoms with Crippen molar-refractivity contribution in [3.63, 3.8) is 0 Å². The molecule has 0 radical (unpaired) electrons. The van der Waals surface area contributed by atoms with Gasteiger partial charge < -0.3 is 14.6 Å². The third-order valence-electron chi connectivity index (χ3n) is 4.21. The Bertz CT molecular complexity index is 575. The number of thiophene rings is 1. The summed E-state index contributed by atoms with van der Waals surface area (Å²) in [5.74, 6) is 0.142. The van der Waals surface area contributed by atoms with Gasteiger partial charge in [-0.1, -0.05) is 6.07 Å². The summed E-state index contributed by atoms with van der Waals surface area (Å²) in [6, 6.07) is 4.09. The molecule has 6 heteroatoms. The molecule has 5 nitrogen and oxygen atoms in total. The van der Waals surface area contributed by atoms with Gasteiger partial charge in [-0.3, -0.25) is 4.79 Å². The van der Waals surface area contributed by atoms with E-state index in [1.165, 1.54) is 0 Å². The van der Waals surface area contributed by atoms with Crippen LogP contribution in [0.1, 0.15) is 24.1 Å². The Labute approximate surface area is 134 Å². The molecule has 1 amide bonds. The van der Waals surface area contributed by atoms with Gasteiger partial charge in [0.05, 0.1) is 11.7 Å². The molecular weight excluding hydrogens is 298 g/mol. The Morgan fingerprint density at radius 2 is 2.32 bits per heavy atom. The summed E-state index contributed by atoms with van der Waals surface area (Å²) in [7, 11) is 0. The first-order chi connectivity index (χ1) is 10.8. The number of nitrogens with one attached hydrogen (secondary N) is 1. The van der Waals surface area contributed by atoms with Crippen molar-refractivity contribution in [2.45, 2.75) is 31.2 Å². The fourth-order valence-electron chi connectivity index (χ4n) is 2.91. The molecular formula is C16H21N3O2S. The Morgan fingerprint density at radius 3 is 3.00 bits per heavy atom. The molecule has 0 bridgehead atoms. The molecule has 0 aliphatic carbocycles. The third-order valence-corrected chi connectivity index (χ3v) is 5.29. The Morgan fingerprint density at radius 1 is 1.45 bits per heavy atom. The van der Waals surface area contributed by atoms with E-state index in [-0.39, 0.29) is 5.91 Å². The highest BCUT2D eigenvalue weighted by atomic mass is 32.1. The van der Waals surface area contributed by atoms with Gasteiger partial charge in [-0.15, -0.1) is 11.3 Å². The molecule has 2 aromatic rings. The van der Waals surface area contributed by atoms with E-state index in [1.54, 1.807) is 23.9 Å². The van der Waals surface area contributed by atoms with Crippen LogP contribution in [0.2, 0.25) is 0 Å². The molecule has 0 unspecified atom stereocenters. The van der Waals surface area contributed by atoms with Crippen molar-refractivity contribution >= 4 is 17.2 Å². The van der Waals surface area contributed by atoms with E-state index < -0.39 is 5.41 Å². The number of rotatable bonds is 6. The lowest BCUT2D eigenvalue weighted by Gasteiger charge is -2.35. The quantitative estimate of drug-likeness (QED) is 0.831. The first-order valence-electron chi connectivity index (χ1n) is 7.67. The molecule has 22 heavy (non-hydrogen) atoms. The van der Waals surface area contributed by atoms with Crippen LogP contribution in [0.25, 0.3) is 0 Å². The van der Waals surface area contributed by atoms with Crippen molar-refractivity contribution in [2.75, 3.05) is 19.8 Å². The lowest BCUT2D eigenvalue weighted by atomic mass is 9.78. The van der Waals surface area contributed by atoms with Crippen molar-refractivity contribution < 1.29 is 9.53 Å². The van der Waals surface area contributed by atoms with Crippen molar-refractivity contribution in [1.29, 1.82) is 0 Å². The predicted octanol–water partition coefficient (Wildman–Crippen LogP) is 2.20. The summed E-state index contributed by atoms with van der Waals surface area (Å²) < 4.78 is 7.49. The minimum absolute atomic E-state index is 0.142. The third kappa shape index (κ3) is 3.23. The molecule has 0 atom stereocenters. The monoisotopic (exact) mass is 319 g/mol. The van der Waals surface area contributed by atoms with Crippen molar-refractivity contribution in [2.24, 2.45) is 0 Å². The molecule has 0 saturated carbocycles. The number of hydrogen-bond donors (Lipinski definition) is 1. The van der Waals surface area contributed by atoms with Crippen LogP contribution in [0.4, 0.5) is 0 Å². The maximum Gasteiger partial charge on any atom is 0.231 e. The lowest BCUT2D eigenvalue weighted by Crippen LogP contribution is -2.47. The Kier molecular flexibility index (Phi) is 4.90. The zero-order valence-corrected chi connectivity index (χ0v) is 13.3. The van der Waals surface area contributed by atoms with Gasteiger partial charge in [-0.25, -0.2) is 4.98 Å². The van der Waals surface area contributed by atoms with Crippen LogP contribution in [0.15, 0.2) is 36.2 Å². The number of carbonyl (C=O) groups excluding carboxylic acids is 1. The number of aromatic nitrogens is 2. The van der Waals surface area contributed by atoms with Gasteiger partial charge in [-0.05, 0) is 30.7 Å². The normalized spacial score (nSPS) is 17.3. The predicted molar refractivity (Wildman–Crippen MR) is 85.9 cm³/mol. The van der Waals surface area contributed by atoms with Gasteiger partial charge in [0, 0.05) is 43.6 Å². The zero-order valence-electron chi connectivity index (χ0n) is 12.5. The largest absolute Gasteiger partial charge is 0.381 e. The molecule has 1 fully saturated rings. The fraction of sp³-hybridized carbons (Fsp3) is 0.500. The van der Waals surface area contributed by atoms with E-state index in [0.717, 1.165) is 30.7 Å². The van der Waals surface area contributed by atoms with Crippen LogP contribution in [0.5, 0.6) is 0 Å². The summed E-state index contributed by atoms with van der Waals surface area (Å²) >= 11 is 1.67.